The van der Waals surface area contributed by atoms with Crippen LogP contribution < -0.4 is 5.32 Å². The van der Waals surface area contributed by atoms with Crippen LogP contribution in [0.25, 0.3) is 0 Å². The van der Waals surface area contributed by atoms with Crippen molar-refractivity contribution in [2.45, 2.75) is 39.8 Å². The van der Waals surface area contributed by atoms with Gasteiger partial charge in [-0.15, -0.1) is 0 Å². The molecule has 0 bridgehead atoms. The maximum absolute atomic E-state index is 12.8. The molecule has 0 aliphatic heterocycles. The number of rotatable bonds is 6. The van der Waals surface area contributed by atoms with Crippen molar-refractivity contribution in [3.63, 3.8) is 0 Å². The first-order valence-electron chi connectivity index (χ1n) is 8.00. The lowest BCUT2D eigenvalue weighted by Gasteiger charge is -2.24. The van der Waals surface area contributed by atoms with Gasteiger partial charge in [-0.2, -0.15) is 5.10 Å². The van der Waals surface area contributed by atoms with Gasteiger partial charge in [0.05, 0.1) is 5.69 Å². The molecule has 124 valence electrons. The third-order valence-electron chi connectivity index (χ3n) is 3.71. The molecule has 2 aromatic rings. The molecule has 0 spiro atoms. The average molecular weight is 314 g/mol. The molecule has 1 aromatic carbocycles. The summed E-state index contributed by atoms with van der Waals surface area (Å²) in [5.74, 6) is 0.715. The standard InChI is InChI=1S/C18H26N4O/c1-6-10-22-16(12-14(3)20-22)19-18(23)17(21(4)5)15-9-7-8-13(2)11-15/h7-9,11-12,17H,6,10H2,1-5H3,(H,19,23). The van der Waals surface area contributed by atoms with Gasteiger partial charge >= 0.3 is 0 Å². The predicted octanol–water partition coefficient (Wildman–Crippen LogP) is 3.15. The van der Waals surface area contributed by atoms with Gasteiger partial charge in [0.1, 0.15) is 11.9 Å². The molecule has 5 nitrogen and oxygen atoms in total. The van der Waals surface area contributed by atoms with Gasteiger partial charge in [0.15, 0.2) is 0 Å². The van der Waals surface area contributed by atoms with E-state index < -0.39 is 0 Å². The Bertz CT molecular complexity index is 675. The lowest BCUT2D eigenvalue weighted by Crippen LogP contribution is -2.33. The number of nitrogens with one attached hydrogen (secondary N) is 1. The van der Waals surface area contributed by atoms with Crippen LogP contribution in [0.5, 0.6) is 0 Å². The SMILES string of the molecule is CCCn1nc(C)cc1NC(=O)C(c1cccc(C)c1)N(C)C. The second-order valence-electron chi connectivity index (χ2n) is 6.16. The fraction of sp³-hybridized carbons (Fsp3) is 0.444. The lowest BCUT2D eigenvalue weighted by atomic mass is 10.0. The number of likely N-dealkylation sites (N-methyl/N-ethyl adjacent to an activating group) is 1. The zero-order valence-corrected chi connectivity index (χ0v) is 14.6. The summed E-state index contributed by atoms with van der Waals surface area (Å²) in [6.45, 7) is 6.86. The number of aromatic nitrogens is 2. The summed E-state index contributed by atoms with van der Waals surface area (Å²) in [6, 6.07) is 9.65. The third-order valence-corrected chi connectivity index (χ3v) is 3.71. The molecule has 5 heteroatoms. The minimum absolute atomic E-state index is 0.0437. The van der Waals surface area contributed by atoms with Crippen molar-refractivity contribution in [3.05, 3.63) is 47.2 Å². The number of anilines is 1. The molecule has 0 saturated carbocycles. The minimum Gasteiger partial charge on any atom is -0.309 e. The Labute approximate surface area is 138 Å². The van der Waals surface area contributed by atoms with Crippen LogP contribution in [0.1, 0.15) is 36.2 Å². The van der Waals surface area contributed by atoms with Crippen LogP contribution in [0.2, 0.25) is 0 Å². The van der Waals surface area contributed by atoms with E-state index in [1.165, 1.54) is 0 Å². The molecule has 0 fully saturated rings. The first-order valence-corrected chi connectivity index (χ1v) is 8.00. The van der Waals surface area contributed by atoms with E-state index in [4.69, 9.17) is 0 Å². The van der Waals surface area contributed by atoms with Crippen LogP contribution in [0.4, 0.5) is 5.82 Å². The van der Waals surface area contributed by atoms with Gasteiger partial charge in [0, 0.05) is 12.6 Å². The topological polar surface area (TPSA) is 50.2 Å². The highest BCUT2D eigenvalue weighted by Gasteiger charge is 2.24. The lowest BCUT2D eigenvalue weighted by molar-refractivity contribution is -0.120. The molecule has 1 heterocycles. The van der Waals surface area contributed by atoms with E-state index in [-0.39, 0.29) is 11.9 Å². The molecule has 1 atom stereocenters. The summed E-state index contributed by atoms with van der Waals surface area (Å²) in [4.78, 5) is 14.8. The molecule has 0 aliphatic rings. The summed E-state index contributed by atoms with van der Waals surface area (Å²) in [6.07, 6.45) is 0.971. The molecule has 1 aromatic heterocycles. The average Bonchev–Trinajstić information content (AvgIpc) is 2.78. The normalized spacial score (nSPS) is 12.4. The predicted molar refractivity (Wildman–Crippen MR) is 93.5 cm³/mol. The summed E-state index contributed by atoms with van der Waals surface area (Å²) in [5.41, 5.74) is 3.05. The first-order chi connectivity index (χ1) is 10.9. The number of nitrogens with zero attached hydrogens (tertiary/aromatic N) is 3. The highest BCUT2D eigenvalue weighted by molar-refractivity contribution is 5.95. The van der Waals surface area contributed by atoms with Gasteiger partial charge in [-0.25, -0.2) is 4.68 Å². The van der Waals surface area contributed by atoms with Crippen LogP contribution in [0.3, 0.4) is 0 Å². The highest BCUT2D eigenvalue weighted by Crippen LogP contribution is 2.22. The van der Waals surface area contributed by atoms with Crippen molar-refractivity contribution in [3.8, 4) is 0 Å². The molecule has 0 radical (unpaired) electrons. The van der Waals surface area contributed by atoms with E-state index >= 15 is 0 Å². The van der Waals surface area contributed by atoms with Gasteiger partial charge in [-0.05, 0) is 39.9 Å². The minimum atomic E-state index is -0.333. The fourth-order valence-electron chi connectivity index (χ4n) is 2.75. The Morgan fingerprint density at radius 3 is 2.65 bits per heavy atom. The summed E-state index contributed by atoms with van der Waals surface area (Å²) in [7, 11) is 3.84. The van der Waals surface area contributed by atoms with E-state index in [1.807, 2.05) is 61.8 Å². The number of amides is 1. The Balaban J connectivity index is 2.26. The largest absolute Gasteiger partial charge is 0.309 e. The molecule has 1 unspecified atom stereocenters. The van der Waals surface area contributed by atoms with Crippen LogP contribution in [-0.2, 0) is 11.3 Å². The molecule has 0 saturated heterocycles. The van der Waals surface area contributed by atoms with Gasteiger partial charge in [-0.1, -0.05) is 36.8 Å². The van der Waals surface area contributed by atoms with Crippen molar-refractivity contribution >= 4 is 11.7 Å². The van der Waals surface area contributed by atoms with Crippen molar-refractivity contribution in [1.29, 1.82) is 0 Å². The molecule has 1 N–H and O–H groups in total. The maximum atomic E-state index is 12.8. The Hall–Kier alpha value is -2.14. The smallest absolute Gasteiger partial charge is 0.247 e. The van der Waals surface area contributed by atoms with E-state index in [1.54, 1.807) is 0 Å². The Morgan fingerprint density at radius 2 is 2.04 bits per heavy atom. The number of aryl methyl sites for hydroxylation is 3. The van der Waals surface area contributed by atoms with Crippen molar-refractivity contribution in [2.75, 3.05) is 19.4 Å². The van der Waals surface area contributed by atoms with Crippen LogP contribution in [0.15, 0.2) is 30.3 Å². The third kappa shape index (κ3) is 4.20. The second kappa shape index (κ2) is 7.42. The molecular formula is C18H26N4O. The van der Waals surface area contributed by atoms with Gasteiger partial charge in [0.25, 0.3) is 0 Å². The fourth-order valence-corrected chi connectivity index (χ4v) is 2.75. The van der Waals surface area contributed by atoms with Crippen LogP contribution >= 0.6 is 0 Å². The van der Waals surface area contributed by atoms with Gasteiger partial charge in [-0.3, -0.25) is 9.69 Å². The van der Waals surface area contributed by atoms with E-state index in [2.05, 4.69) is 23.4 Å². The van der Waals surface area contributed by atoms with E-state index in [0.29, 0.717) is 0 Å². The molecule has 0 aliphatic carbocycles. The number of benzene rings is 1. The Morgan fingerprint density at radius 1 is 1.30 bits per heavy atom. The van der Waals surface area contributed by atoms with Gasteiger partial charge in [0.2, 0.25) is 5.91 Å². The highest BCUT2D eigenvalue weighted by atomic mass is 16.2. The molecule has 2 rings (SSSR count). The van der Waals surface area contributed by atoms with E-state index in [0.717, 1.165) is 35.6 Å². The molecule has 23 heavy (non-hydrogen) atoms. The molecular weight excluding hydrogens is 288 g/mol. The number of hydrogen-bond acceptors (Lipinski definition) is 3. The van der Waals surface area contributed by atoms with Gasteiger partial charge < -0.3 is 5.32 Å². The monoisotopic (exact) mass is 314 g/mol. The second-order valence-corrected chi connectivity index (χ2v) is 6.16. The van der Waals surface area contributed by atoms with Crippen LogP contribution in [-0.4, -0.2) is 34.7 Å². The number of hydrogen-bond donors (Lipinski definition) is 1. The maximum Gasteiger partial charge on any atom is 0.247 e. The van der Waals surface area contributed by atoms with Crippen molar-refractivity contribution < 1.29 is 4.79 Å². The van der Waals surface area contributed by atoms with Crippen molar-refractivity contribution in [2.24, 2.45) is 0 Å². The van der Waals surface area contributed by atoms with Crippen molar-refractivity contribution in [1.82, 2.24) is 14.7 Å². The number of carbonyl (C=O) groups is 1. The summed E-state index contributed by atoms with van der Waals surface area (Å²) in [5, 5.41) is 7.47. The first kappa shape index (κ1) is 17.2. The zero-order valence-electron chi connectivity index (χ0n) is 14.6. The number of carbonyl (C=O) groups excluding carboxylic acids is 1. The zero-order chi connectivity index (χ0) is 17.0. The van der Waals surface area contributed by atoms with E-state index in [9.17, 15) is 4.79 Å². The Kier molecular flexibility index (Phi) is 5.55. The van der Waals surface area contributed by atoms with Crippen LogP contribution in [0, 0.1) is 13.8 Å². The quantitative estimate of drug-likeness (QED) is 0.891. The summed E-state index contributed by atoms with van der Waals surface area (Å²) < 4.78 is 1.86. The molecule has 1 amide bonds. The summed E-state index contributed by atoms with van der Waals surface area (Å²) >= 11 is 0.